The quantitative estimate of drug-likeness (QED) is 0.824. The van der Waals surface area contributed by atoms with Crippen LogP contribution in [0, 0.1) is 6.20 Å². The zero-order valence-electron chi connectivity index (χ0n) is 12.1. The number of pyridine rings is 1. The predicted octanol–water partition coefficient (Wildman–Crippen LogP) is 3.58. The first-order valence-corrected chi connectivity index (χ1v) is 7.13. The number of nitrogens with one attached hydrogen (secondary N) is 1. The molecule has 1 aromatic heterocycles. The van der Waals surface area contributed by atoms with E-state index >= 15 is 0 Å². The maximum Gasteiger partial charge on any atom is 0.407 e. The monoisotopic (exact) mass is 283 g/mol. The number of carbonyl (C=O) groups is 1. The molecule has 0 bridgehead atoms. The third-order valence-corrected chi connectivity index (χ3v) is 3.07. The van der Waals surface area contributed by atoms with Crippen molar-refractivity contribution in [2.24, 2.45) is 0 Å². The number of nitrogens with zero attached hydrogens (tertiary/aromatic N) is 1. The van der Waals surface area contributed by atoms with Crippen molar-refractivity contribution in [2.75, 3.05) is 6.61 Å². The third-order valence-electron chi connectivity index (χ3n) is 3.07. The number of hydrogen-bond acceptors (Lipinski definition) is 3. The molecule has 0 aliphatic rings. The Hall–Kier alpha value is -2.36. The summed E-state index contributed by atoms with van der Waals surface area (Å²) in [7, 11) is 0. The second kappa shape index (κ2) is 8.04. The van der Waals surface area contributed by atoms with Gasteiger partial charge in [-0.1, -0.05) is 43.7 Å². The van der Waals surface area contributed by atoms with Crippen LogP contribution in [0.4, 0.5) is 4.79 Å². The minimum absolute atomic E-state index is 0.381. The molecule has 2 aromatic rings. The van der Waals surface area contributed by atoms with Crippen LogP contribution < -0.4 is 5.32 Å². The van der Waals surface area contributed by atoms with Crippen LogP contribution in [0.25, 0.3) is 11.1 Å². The van der Waals surface area contributed by atoms with Crippen LogP contribution >= 0.6 is 0 Å². The molecular formula is C17H19N2O2. The number of unbranched alkanes of at least 4 members (excludes halogenated alkanes) is 1. The van der Waals surface area contributed by atoms with Crippen LogP contribution in [0.3, 0.4) is 0 Å². The molecule has 1 aromatic carbocycles. The standard InChI is InChI=1S/C17H19N2O2/c1-2-3-11-21-17(20)19-13-15-7-4-5-9-16(15)14-8-6-10-18-12-14/h4-10H,2-3,11,13H2,1H3,(H,19,20). The first-order valence-electron chi connectivity index (χ1n) is 7.13. The minimum atomic E-state index is -0.381. The number of carbonyl (C=O) groups excluding carboxylic acids is 1. The molecular weight excluding hydrogens is 264 g/mol. The molecule has 4 nitrogen and oxygen atoms in total. The van der Waals surface area contributed by atoms with Gasteiger partial charge in [0.1, 0.15) is 0 Å². The van der Waals surface area contributed by atoms with E-state index in [0.29, 0.717) is 13.2 Å². The van der Waals surface area contributed by atoms with Crippen molar-refractivity contribution in [1.29, 1.82) is 0 Å². The van der Waals surface area contributed by atoms with E-state index < -0.39 is 0 Å². The summed E-state index contributed by atoms with van der Waals surface area (Å²) >= 11 is 0. The maximum atomic E-state index is 11.6. The van der Waals surface area contributed by atoms with E-state index in [1.54, 1.807) is 6.20 Å². The number of benzene rings is 1. The zero-order valence-corrected chi connectivity index (χ0v) is 12.1. The molecule has 0 fully saturated rings. The van der Waals surface area contributed by atoms with Gasteiger partial charge in [0.15, 0.2) is 0 Å². The largest absolute Gasteiger partial charge is 0.450 e. The second-order valence-corrected chi connectivity index (χ2v) is 4.66. The molecule has 0 atom stereocenters. The smallest absolute Gasteiger partial charge is 0.407 e. The van der Waals surface area contributed by atoms with Crippen molar-refractivity contribution in [3.63, 3.8) is 0 Å². The molecule has 0 spiro atoms. The Morgan fingerprint density at radius 3 is 2.90 bits per heavy atom. The van der Waals surface area contributed by atoms with Crippen LogP contribution in [-0.2, 0) is 11.3 Å². The van der Waals surface area contributed by atoms with E-state index in [-0.39, 0.29) is 6.09 Å². The highest BCUT2D eigenvalue weighted by Gasteiger charge is 2.07. The first kappa shape index (κ1) is 15.0. The lowest BCUT2D eigenvalue weighted by Gasteiger charge is -2.10. The van der Waals surface area contributed by atoms with Crippen molar-refractivity contribution >= 4 is 6.09 Å². The van der Waals surface area contributed by atoms with Crippen LogP contribution in [0.15, 0.2) is 42.6 Å². The molecule has 4 heteroatoms. The van der Waals surface area contributed by atoms with E-state index in [0.717, 1.165) is 29.5 Å². The van der Waals surface area contributed by atoms with E-state index in [1.165, 1.54) is 0 Å². The van der Waals surface area contributed by atoms with Crippen LogP contribution in [-0.4, -0.2) is 17.7 Å². The molecule has 1 heterocycles. The fraction of sp³-hybridized carbons (Fsp3) is 0.294. The van der Waals surface area contributed by atoms with Crippen LogP contribution in [0.1, 0.15) is 25.3 Å². The summed E-state index contributed by atoms with van der Waals surface area (Å²) in [5, 5.41) is 2.77. The molecule has 109 valence electrons. The Morgan fingerprint density at radius 2 is 2.14 bits per heavy atom. The minimum Gasteiger partial charge on any atom is -0.450 e. The number of rotatable bonds is 6. The highest BCUT2D eigenvalue weighted by atomic mass is 16.5. The van der Waals surface area contributed by atoms with Gasteiger partial charge in [-0.25, -0.2) is 4.79 Å². The number of alkyl carbamates (subject to hydrolysis) is 1. The molecule has 0 aliphatic carbocycles. The Balaban J connectivity index is 1.99. The SMILES string of the molecule is CCCCOC(=O)NCc1ccccc1-c1[c]nccc1. The number of hydrogen-bond donors (Lipinski definition) is 1. The normalized spacial score (nSPS) is 10.1. The Labute approximate surface area is 125 Å². The Morgan fingerprint density at radius 1 is 1.29 bits per heavy atom. The molecule has 0 unspecified atom stereocenters. The third kappa shape index (κ3) is 4.60. The van der Waals surface area contributed by atoms with E-state index in [2.05, 4.69) is 23.4 Å². The van der Waals surface area contributed by atoms with Gasteiger partial charge in [-0.15, -0.1) is 0 Å². The fourth-order valence-corrected chi connectivity index (χ4v) is 1.94. The van der Waals surface area contributed by atoms with Crippen molar-refractivity contribution in [2.45, 2.75) is 26.3 Å². The van der Waals surface area contributed by atoms with Gasteiger partial charge in [0.05, 0.1) is 12.8 Å². The van der Waals surface area contributed by atoms with Crippen molar-refractivity contribution in [1.82, 2.24) is 10.3 Å². The molecule has 2 rings (SSSR count). The first-order chi connectivity index (χ1) is 10.3. The molecule has 1 amide bonds. The highest BCUT2D eigenvalue weighted by Crippen LogP contribution is 2.22. The summed E-state index contributed by atoms with van der Waals surface area (Å²) in [4.78, 5) is 15.6. The van der Waals surface area contributed by atoms with Crippen LogP contribution in [0.5, 0.6) is 0 Å². The Bertz CT molecular complexity index is 570. The van der Waals surface area contributed by atoms with Gasteiger partial charge >= 0.3 is 6.09 Å². The molecule has 1 N–H and O–H groups in total. The molecule has 21 heavy (non-hydrogen) atoms. The van der Waals surface area contributed by atoms with E-state index in [1.807, 2.05) is 36.4 Å². The molecule has 0 saturated heterocycles. The van der Waals surface area contributed by atoms with Gasteiger partial charge in [0.25, 0.3) is 0 Å². The summed E-state index contributed by atoms with van der Waals surface area (Å²) in [6, 6.07) is 11.7. The summed E-state index contributed by atoms with van der Waals surface area (Å²) in [6.07, 6.45) is 6.16. The zero-order chi connectivity index (χ0) is 14.9. The van der Waals surface area contributed by atoms with Gasteiger partial charge in [0, 0.05) is 18.3 Å². The van der Waals surface area contributed by atoms with Crippen molar-refractivity contribution in [3.8, 4) is 11.1 Å². The molecule has 1 radical (unpaired) electrons. The van der Waals surface area contributed by atoms with E-state index in [4.69, 9.17) is 4.74 Å². The predicted molar refractivity (Wildman–Crippen MR) is 81.6 cm³/mol. The average molecular weight is 283 g/mol. The Kier molecular flexibility index (Phi) is 5.76. The summed E-state index contributed by atoms with van der Waals surface area (Å²) in [5.74, 6) is 0. The van der Waals surface area contributed by atoms with Crippen molar-refractivity contribution in [3.05, 3.63) is 54.4 Å². The van der Waals surface area contributed by atoms with Gasteiger partial charge in [0.2, 0.25) is 0 Å². The van der Waals surface area contributed by atoms with E-state index in [9.17, 15) is 4.79 Å². The molecule has 0 saturated carbocycles. The van der Waals surface area contributed by atoms with Crippen molar-refractivity contribution < 1.29 is 9.53 Å². The summed E-state index contributed by atoms with van der Waals surface area (Å²) in [5.41, 5.74) is 2.93. The van der Waals surface area contributed by atoms with Gasteiger partial charge in [-0.05, 0) is 23.6 Å². The summed E-state index contributed by atoms with van der Waals surface area (Å²) < 4.78 is 5.08. The average Bonchev–Trinajstić information content (AvgIpc) is 2.54. The molecule has 0 aliphatic heterocycles. The number of aromatic nitrogens is 1. The van der Waals surface area contributed by atoms with Gasteiger partial charge < -0.3 is 10.1 Å². The lowest BCUT2D eigenvalue weighted by molar-refractivity contribution is 0.144. The van der Waals surface area contributed by atoms with Crippen LogP contribution in [0.2, 0.25) is 0 Å². The number of ether oxygens (including phenoxy) is 1. The maximum absolute atomic E-state index is 11.6. The number of amides is 1. The second-order valence-electron chi connectivity index (χ2n) is 4.66. The lowest BCUT2D eigenvalue weighted by atomic mass is 10.0. The highest BCUT2D eigenvalue weighted by molar-refractivity contribution is 5.69. The lowest BCUT2D eigenvalue weighted by Crippen LogP contribution is -2.24. The topological polar surface area (TPSA) is 51.2 Å². The van der Waals surface area contributed by atoms with Gasteiger partial charge in [-0.3, -0.25) is 4.98 Å². The fourth-order valence-electron chi connectivity index (χ4n) is 1.94. The summed E-state index contributed by atoms with van der Waals surface area (Å²) in [6.45, 7) is 2.94. The van der Waals surface area contributed by atoms with Gasteiger partial charge in [-0.2, -0.15) is 0 Å².